The molecule has 31 heavy (non-hydrogen) atoms. The van der Waals surface area contributed by atoms with Crippen molar-refractivity contribution in [3.05, 3.63) is 59.9 Å². The summed E-state index contributed by atoms with van der Waals surface area (Å²) in [5, 5.41) is 29.5. The van der Waals surface area contributed by atoms with Crippen LogP contribution in [0.5, 0.6) is 5.75 Å². The van der Waals surface area contributed by atoms with E-state index in [4.69, 9.17) is 5.11 Å². The van der Waals surface area contributed by atoms with Crippen LogP contribution in [-0.4, -0.2) is 43.2 Å². The number of anilines is 1. The fourth-order valence-corrected chi connectivity index (χ4v) is 5.01. The Balaban J connectivity index is 1.78. The number of aliphatic hydroxyl groups excluding tert-OH is 1. The highest BCUT2D eigenvalue weighted by atomic mass is 32.3. The van der Waals surface area contributed by atoms with Gasteiger partial charge in [-0.05, 0) is 40.6 Å². The number of aliphatic hydroxyl groups is 1. The quantitative estimate of drug-likeness (QED) is 0.348. The first-order valence-electron chi connectivity index (χ1n) is 9.43. The number of aryl methyl sites for hydroxylation is 1. The minimum absolute atomic E-state index is 0.000558. The summed E-state index contributed by atoms with van der Waals surface area (Å²) < 4.78 is 38.7. The maximum atomic E-state index is 15.5. The minimum Gasteiger partial charge on any atom is -0.506 e. The maximum absolute atomic E-state index is 15.5. The molecule has 6 N–H and O–H groups in total. The standard InChI is InChI=1S/C21H21FN2O6S/c22-20-16-9-14(13-3-1-2-12(8-13)4-7-19(27)28)5-6-15(16)10-17(25)21(20)24-11-18(26)23-31(24,29)30/h1-3,5-6,8-10,18,23,25-26,29-30H,4,7,11H2,(H,27,28). The van der Waals surface area contributed by atoms with E-state index in [1.807, 2.05) is 18.2 Å². The molecule has 1 fully saturated rings. The monoisotopic (exact) mass is 448 g/mol. The Morgan fingerprint density at radius 2 is 1.90 bits per heavy atom. The highest BCUT2D eigenvalue weighted by Crippen LogP contribution is 2.51. The number of phenols is 1. The number of benzene rings is 3. The highest BCUT2D eigenvalue weighted by Gasteiger charge is 2.38. The van der Waals surface area contributed by atoms with Gasteiger partial charge >= 0.3 is 5.97 Å². The molecule has 0 bridgehead atoms. The molecule has 1 aliphatic rings. The zero-order valence-electron chi connectivity index (χ0n) is 16.2. The van der Waals surface area contributed by atoms with Gasteiger partial charge in [0, 0.05) is 11.8 Å². The van der Waals surface area contributed by atoms with E-state index in [1.165, 1.54) is 6.07 Å². The average Bonchev–Trinajstić information content (AvgIpc) is 2.98. The van der Waals surface area contributed by atoms with Gasteiger partial charge in [-0.1, -0.05) is 47.4 Å². The molecule has 0 aromatic heterocycles. The number of fused-ring (bicyclic) bond motifs is 1. The zero-order valence-corrected chi connectivity index (χ0v) is 17.0. The lowest BCUT2D eigenvalue weighted by Crippen LogP contribution is -2.26. The highest BCUT2D eigenvalue weighted by molar-refractivity contribution is 8.24. The van der Waals surface area contributed by atoms with E-state index in [0.717, 1.165) is 15.4 Å². The first-order valence-corrected chi connectivity index (χ1v) is 10.9. The number of β-amino-alcohol motifs (C(OH)–C–C–N with tert-alkyl or cyclic N) is 1. The lowest BCUT2D eigenvalue weighted by molar-refractivity contribution is -0.136. The van der Waals surface area contributed by atoms with Crippen LogP contribution in [0.4, 0.5) is 10.1 Å². The predicted octanol–water partition coefficient (Wildman–Crippen LogP) is 3.68. The van der Waals surface area contributed by atoms with Crippen molar-refractivity contribution in [1.82, 2.24) is 4.72 Å². The second kappa shape index (κ2) is 7.98. The molecule has 10 heteroatoms. The number of aliphatic carboxylic acids is 1. The number of nitrogens with zero attached hydrogens (tertiary/aromatic N) is 1. The summed E-state index contributed by atoms with van der Waals surface area (Å²) in [7, 11) is -3.70. The number of hydrogen-bond donors (Lipinski definition) is 6. The predicted molar refractivity (Wildman–Crippen MR) is 116 cm³/mol. The molecule has 8 nitrogen and oxygen atoms in total. The van der Waals surface area contributed by atoms with Gasteiger partial charge in [-0.15, -0.1) is 0 Å². The summed E-state index contributed by atoms with van der Waals surface area (Å²) in [5.41, 5.74) is 1.86. The van der Waals surface area contributed by atoms with E-state index in [0.29, 0.717) is 17.4 Å². The molecule has 0 saturated carbocycles. The van der Waals surface area contributed by atoms with Crippen molar-refractivity contribution < 1.29 is 33.6 Å². The van der Waals surface area contributed by atoms with Crippen LogP contribution >= 0.6 is 11.0 Å². The number of hydrogen-bond acceptors (Lipinski definition) is 7. The van der Waals surface area contributed by atoms with E-state index < -0.39 is 40.4 Å². The van der Waals surface area contributed by atoms with Gasteiger partial charge < -0.3 is 15.3 Å². The molecule has 1 heterocycles. The third kappa shape index (κ3) is 4.16. The van der Waals surface area contributed by atoms with Crippen molar-refractivity contribution >= 4 is 33.4 Å². The first-order chi connectivity index (χ1) is 14.7. The Labute approximate surface area is 178 Å². The van der Waals surface area contributed by atoms with Crippen molar-refractivity contribution in [2.45, 2.75) is 19.1 Å². The molecule has 1 saturated heterocycles. The molecule has 4 rings (SSSR count). The molecule has 3 aromatic carbocycles. The van der Waals surface area contributed by atoms with Gasteiger partial charge in [-0.3, -0.25) is 13.9 Å². The van der Waals surface area contributed by atoms with Gasteiger partial charge in [0.25, 0.3) is 0 Å². The molecule has 0 radical (unpaired) electrons. The topological polar surface area (TPSA) is 133 Å². The fraction of sp³-hybridized carbons (Fsp3) is 0.190. The molecule has 0 spiro atoms. The molecular weight excluding hydrogens is 427 g/mol. The van der Waals surface area contributed by atoms with E-state index in [9.17, 15) is 24.1 Å². The molecular formula is C21H21FN2O6S. The van der Waals surface area contributed by atoms with Crippen LogP contribution in [0.2, 0.25) is 0 Å². The Hall–Kier alpha value is -2.89. The van der Waals surface area contributed by atoms with Crippen molar-refractivity contribution in [2.24, 2.45) is 0 Å². The second-order valence-electron chi connectivity index (χ2n) is 7.30. The van der Waals surface area contributed by atoms with E-state index >= 15 is 4.39 Å². The van der Waals surface area contributed by atoms with Gasteiger partial charge in [0.15, 0.2) is 5.82 Å². The zero-order chi connectivity index (χ0) is 22.3. The Morgan fingerprint density at radius 3 is 2.58 bits per heavy atom. The lowest BCUT2D eigenvalue weighted by Gasteiger charge is -2.37. The number of nitrogens with one attached hydrogen (secondary N) is 1. The van der Waals surface area contributed by atoms with Crippen LogP contribution in [-0.2, 0) is 11.2 Å². The number of phenolic OH excluding ortho intramolecular Hbond substituents is 1. The second-order valence-corrected chi connectivity index (χ2v) is 9.02. The molecule has 3 aromatic rings. The van der Waals surface area contributed by atoms with Crippen LogP contribution in [0.15, 0.2) is 48.5 Å². The summed E-state index contributed by atoms with van der Waals surface area (Å²) in [6, 6.07) is 13.6. The SMILES string of the molecule is O=C(O)CCc1cccc(-c2ccc3cc(O)c(N4CC(O)NS4(O)O)c(F)c3c2)c1. The van der Waals surface area contributed by atoms with Crippen LogP contribution in [0, 0.1) is 5.82 Å². The molecule has 0 aliphatic carbocycles. The molecule has 1 aliphatic heterocycles. The van der Waals surface area contributed by atoms with Crippen molar-refractivity contribution in [3.63, 3.8) is 0 Å². The lowest BCUT2D eigenvalue weighted by atomic mass is 9.97. The van der Waals surface area contributed by atoms with Crippen LogP contribution in [0.3, 0.4) is 0 Å². The molecule has 1 unspecified atom stereocenters. The Bertz CT molecular complexity index is 1170. The fourth-order valence-electron chi connectivity index (χ4n) is 3.67. The number of carboxylic acids is 1. The van der Waals surface area contributed by atoms with Gasteiger partial charge in [-0.2, -0.15) is 4.72 Å². The average molecular weight is 448 g/mol. The summed E-state index contributed by atoms with van der Waals surface area (Å²) in [5.74, 6) is -2.22. The van der Waals surface area contributed by atoms with Crippen LogP contribution in [0.1, 0.15) is 12.0 Å². The maximum Gasteiger partial charge on any atom is 0.303 e. The summed E-state index contributed by atoms with van der Waals surface area (Å²) in [6.07, 6.45) is -0.925. The number of carbonyl (C=O) groups is 1. The number of carboxylic acid groups (broad SMARTS) is 1. The third-order valence-electron chi connectivity index (χ3n) is 5.11. The summed E-state index contributed by atoms with van der Waals surface area (Å²) >= 11 is 0. The molecule has 1 atom stereocenters. The van der Waals surface area contributed by atoms with Crippen LogP contribution < -0.4 is 9.03 Å². The number of halogens is 1. The summed E-state index contributed by atoms with van der Waals surface area (Å²) in [6.45, 7) is -0.316. The number of aromatic hydroxyl groups is 1. The smallest absolute Gasteiger partial charge is 0.303 e. The van der Waals surface area contributed by atoms with Crippen molar-refractivity contribution in [1.29, 1.82) is 0 Å². The van der Waals surface area contributed by atoms with Gasteiger partial charge in [-0.25, -0.2) is 8.70 Å². The third-order valence-corrected chi connectivity index (χ3v) is 6.64. The Kier molecular flexibility index (Phi) is 5.50. The minimum atomic E-state index is -3.70. The first kappa shape index (κ1) is 21.3. The van der Waals surface area contributed by atoms with E-state index in [1.54, 1.807) is 24.3 Å². The normalized spacial score (nSPS) is 19.0. The van der Waals surface area contributed by atoms with Crippen molar-refractivity contribution in [3.8, 4) is 16.9 Å². The van der Waals surface area contributed by atoms with Gasteiger partial charge in [0.05, 0.1) is 6.54 Å². The van der Waals surface area contributed by atoms with Gasteiger partial charge in [0.1, 0.15) is 17.7 Å². The Morgan fingerprint density at radius 1 is 1.16 bits per heavy atom. The van der Waals surface area contributed by atoms with E-state index in [-0.39, 0.29) is 18.4 Å². The largest absolute Gasteiger partial charge is 0.506 e. The van der Waals surface area contributed by atoms with Gasteiger partial charge in [0.2, 0.25) is 0 Å². The van der Waals surface area contributed by atoms with Crippen molar-refractivity contribution in [2.75, 3.05) is 10.8 Å². The number of rotatable bonds is 5. The van der Waals surface area contributed by atoms with E-state index in [2.05, 4.69) is 4.72 Å². The molecule has 0 amide bonds. The molecule has 164 valence electrons. The summed E-state index contributed by atoms with van der Waals surface area (Å²) in [4.78, 5) is 10.8. The van der Waals surface area contributed by atoms with Crippen LogP contribution in [0.25, 0.3) is 21.9 Å².